The number of nitrogen functional groups attached to an aromatic ring is 1. The lowest BCUT2D eigenvalue weighted by molar-refractivity contribution is 0.0997. The van der Waals surface area contributed by atoms with Gasteiger partial charge in [-0.2, -0.15) is 4.98 Å². The second kappa shape index (κ2) is 7.31. The Morgan fingerprint density at radius 3 is 2.87 bits per heavy atom. The molecule has 1 amide bonds. The number of nitrogens with two attached hydrogens (primary N) is 1. The van der Waals surface area contributed by atoms with Crippen LogP contribution in [0, 0.1) is 6.92 Å². The number of oxazole rings is 1. The molecular weight excluding hydrogens is 403 g/mol. The van der Waals surface area contributed by atoms with Gasteiger partial charge in [0.1, 0.15) is 17.7 Å². The summed E-state index contributed by atoms with van der Waals surface area (Å²) in [5, 5.41) is 6.72. The quantitative estimate of drug-likeness (QED) is 0.499. The summed E-state index contributed by atoms with van der Waals surface area (Å²) in [6.45, 7) is 1.85. The van der Waals surface area contributed by atoms with Crippen LogP contribution in [0.2, 0.25) is 0 Å². The van der Waals surface area contributed by atoms with Crippen LogP contribution >= 0.6 is 0 Å². The zero-order chi connectivity index (χ0) is 21.5. The van der Waals surface area contributed by atoms with Crippen LogP contribution in [0.3, 0.4) is 0 Å². The molecule has 3 aromatic heterocycles. The van der Waals surface area contributed by atoms with Gasteiger partial charge < -0.3 is 20.0 Å². The number of nitrogens with one attached hydrogen (secondary N) is 1. The molecule has 0 spiro atoms. The van der Waals surface area contributed by atoms with Gasteiger partial charge in [0.05, 0.1) is 12.1 Å². The van der Waals surface area contributed by atoms with Gasteiger partial charge in [-0.3, -0.25) is 4.79 Å². The molecule has 0 radical (unpaired) electrons. The minimum atomic E-state index is -0.921. The summed E-state index contributed by atoms with van der Waals surface area (Å²) in [4.78, 5) is 25.2. The van der Waals surface area contributed by atoms with Crippen molar-refractivity contribution in [3.05, 3.63) is 59.8 Å². The second-order valence-electron chi connectivity index (χ2n) is 7.28. The maximum atomic E-state index is 13.2. The van der Waals surface area contributed by atoms with Crippen molar-refractivity contribution < 1.29 is 18.1 Å². The molecule has 5 rings (SSSR count). The third-order valence-corrected chi connectivity index (χ3v) is 4.93. The van der Waals surface area contributed by atoms with E-state index >= 15 is 0 Å². The van der Waals surface area contributed by atoms with Gasteiger partial charge in [0, 0.05) is 11.3 Å². The van der Waals surface area contributed by atoms with E-state index in [9.17, 15) is 9.18 Å². The molecule has 1 aromatic carbocycles. The molecule has 31 heavy (non-hydrogen) atoms. The number of nitrogens with zero attached hydrogens (tertiary/aromatic N) is 4. The number of benzene rings is 1. The zero-order valence-corrected chi connectivity index (χ0v) is 16.4. The van der Waals surface area contributed by atoms with Gasteiger partial charge in [0.25, 0.3) is 5.91 Å². The summed E-state index contributed by atoms with van der Waals surface area (Å²) in [6, 6.07) is 10.4. The van der Waals surface area contributed by atoms with Crippen molar-refractivity contribution >= 4 is 17.4 Å². The normalized spacial score (nSPS) is 17.5. The van der Waals surface area contributed by atoms with Gasteiger partial charge in [-0.15, -0.1) is 0 Å². The van der Waals surface area contributed by atoms with Crippen LogP contribution < -0.4 is 11.1 Å². The summed E-state index contributed by atoms with van der Waals surface area (Å²) in [7, 11) is 0. The number of hydrogen-bond acceptors (Lipinski definition) is 8. The number of carbonyl (C=O) groups is 1. The van der Waals surface area contributed by atoms with Crippen molar-refractivity contribution in [2.24, 2.45) is 0 Å². The number of aryl methyl sites for hydroxylation is 1. The van der Waals surface area contributed by atoms with Crippen molar-refractivity contribution in [3.8, 4) is 23.0 Å². The van der Waals surface area contributed by atoms with E-state index in [0.29, 0.717) is 35.0 Å². The molecule has 156 valence electrons. The van der Waals surface area contributed by atoms with Crippen LogP contribution in [-0.2, 0) is 0 Å². The van der Waals surface area contributed by atoms with Crippen molar-refractivity contribution in [2.45, 2.75) is 25.4 Å². The van der Waals surface area contributed by atoms with Gasteiger partial charge >= 0.3 is 0 Å². The van der Waals surface area contributed by atoms with Crippen LogP contribution in [0.1, 0.15) is 34.3 Å². The lowest BCUT2D eigenvalue weighted by Crippen LogP contribution is -2.12. The summed E-state index contributed by atoms with van der Waals surface area (Å²) in [5.41, 5.74) is 8.11. The SMILES string of the molecule is Cc1ccc(-c2noc([C@H]3C[C@@H]3F)n2)cc1NC(=O)c1cnc(-c2cccc(N)n2)o1. The second-order valence-corrected chi connectivity index (χ2v) is 7.28. The van der Waals surface area contributed by atoms with E-state index in [1.54, 1.807) is 30.3 Å². The molecule has 0 saturated heterocycles. The third-order valence-electron chi connectivity index (χ3n) is 4.93. The van der Waals surface area contributed by atoms with E-state index in [4.69, 9.17) is 14.7 Å². The molecule has 0 unspecified atom stereocenters. The van der Waals surface area contributed by atoms with Crippen molar-refractivity contribution in [1.29, 1.82) is 0 Å². The fourth-order valence-corrected chi connectivity index (χ4v) is 3.07. The number of rotatable bonds is 5. The first-order valence-electron chi connectivity index (χ1n) is 9.57. The first-order valence-corrected chi connectivity index (χ1v) is 9.57. The minimum absolute atomic E-state index is 0.0218. The maximum absolute atomic E-state index is 13.2. The van der Waals surface area contributed by atoms with Gasteiger partial charge in [-0.05, 0) is 37.1 Å². The molecule has 1 aliphatic rings. The number of aromatic nitrogens is 4. The largest absolute Gasteiger partial charge is 0.429 e. The monoisotopic (exact) mass is 420 g/mol. The first-order chi connectivity index (χ1) is 15.0. The van der Waals surface area contributed by atoms with Gasteiger partial charge in [0.15, 0.2) is 0 Å². The van der Waals surface area contributed by atoms with Gasteiger partial charge in [-0.1, -0.05) is 23.4 Å². The first kappa shape index (κ1) is 18.9. The average molecular weight is 420 g/mol. The van der Waals surface area contributed by atoms with Crippen LogP contribution in [0.15, 0.2) is 51.5 Å². The Morgan fingerprint density at radius 1 is 1.26 bits per heavy atom. The summed E-state index contributed by atoms with van der Waals surface area (Å²) in [6.07, 6.45) is 0.806. The average Bonchev–Trinajstić information content (AvgIpc) is 3.15. The number of alkyl halides is 1. The smallest absolute Gasteiger partial charge is 0.293 e. The Balaban J connectivity index is 1.36. The summed E-state index contributed by atoms with van der Waals surface area (Å²) < 4.78 is 23.9. The van der Waals surface area contributed by atoms with Crippen LogP contribution in [0.5, 0.6) is 0 Å². The molecule has 1 fully saturated rings. The maximum Gasteiger partial charge on any atom is 0.293 e. The Labute approximate surface area is 175 Å². The molecule has 3 N–H and O–H groups in total. The molecule has 4 aromatic rings. The number of anilines is 2. The highest BCUT2D eigenvalue weighted by molar-refractivity contribution is 6.03. The molecule has 1 aliphatic carbocycles. The van der Waals surface area contributed by atoms with Crippen LogP contribution in [0.4, 0.5) is 15.9 Å². The van der Waals surface area contributed by atoms with Crippen molar-refractivity contribution in [3.63, 3.8) is 0 Å². The lowest BCUT2D eigenvalue weighted by Gasteiger charge is -2.08. The van der Waals surface area contributed by atoms with Crippen LogP contribution in [0.25, 0.3) is 23.0 Å². The van der Waals surface area contributed by atoms with Gasteiger partial charge in [0.2, 0.25) is 23.4 Å². The molecule has 0 aliphatic heterocycles. The lowest BCUT2D eigenvalue weighted by atomic mass is 10.1. The summed E-state index contributed by atoms with van der Waals surface area (Å²) >= 11 is 0. The predicted molar refractivity (Wildman–Crippen MR) is 109 cm³/mol. The van der Waals surface area contributed by atoms with Crippen molar-refractivity contribution in [2.75, 3.05) is 11.1 Å². The minimum Gasteiger partial charge on any atom is -0.429 e. The van der Waals surface area contributed by atoms with Crippen LogP contribution in [-0.4, -0.2) is 32.2 Å². The number of pyridine rings is 1. The highest BCUT2D eigenvalue weighted by atomic mass is 19.1. The Bertz CT molecular complexity index is 1280. The fraction of sp³-hybridized carbons (Fsp3) is 0.190. The number of hydrogen-bond donors (Lipinski definition) is 2. The van der Waals surface area contributed by atoms with E-state index in [-0.39, 0.29) is 23.5 Å². The molecule has 10 heteroatoms. The van der Waals surface area contributed by atoms with E-state index < -0.39 is 12.1 Å². The van der Waals surface area contributed by atoms with E-state index in [1.807, 2.05) is 13.0 Å². The number of amides is 1. The Hall–Kier alpha value is -4.08. The highest BCUT2D eigenvalue weighted by Gasteiger charge is 2.43. The fourth-order valence-electron chi connectivity index (χ4n) is 3.07. The molecular formula is C21H17FN6O3. The molecule has 0 bridgehead atoms. The zero-order valence-electron chi connectivity index (χ0n) is 16.4. The highest BCUT2D eigenvalue weighted by Crippen LogP contribution is 2.43. The molecule has 3 heterocycles. The molecule has 2 atom stereocenters. The van der Waals surface area contributed by atoms with E-state index in [2.05, 4.69) is 25.4 Å². The number of carbonyl (C=O) groups excluding carboxylic acids is 1. The van der Waals surface area contributed by atoms with E-state index in [1.165, 1.54) is 6.20 Å². The molecule has 9 nitrogen and oxygen atoms in total. The Kier molecular flexibility index (Phi) is 4.46. The summed E-state index contributed by atoms with van der Waals surface area (Å²) in [5.74, 6) is 0.359. The standard InChI is InChI=1S/C21H17FN6O3/c1-10-5-6-11(18-27-20(31-28-18)12-8-13(12)22)7-15(10)26-19(29)16-9-24-21(30-16)14-3-2-4-17(23)25-14/h2-7,9,12-13H,8H2,1H3,(H2,23,25)(H,26,29)/t12-,13-/m0/s1. The topological polar surface area (TPSA) is 133 Å². The molecule has 1 saturated carbocycles. The Morgan fingerprint density at radius 2 is 2.10 bits per heavy atom. The van der Waals surface area contributed by atoms with Crippen molar-refractivity contribution in [1.82, 2.24) is 20.1 Å². The third kappa shape index (κ3) is 3.75. The number of halogens is 1. The van der Waals surface area contributed by atoms with E-state index in [0.717, 1.165) is 5.56 Å². The predicted octanol–water partition coefficient (Wildman–Crippen LogP) is 3.75. The van der Waals surface area contributed by atoms with Gasteiger partial charge in [-0.25, -0.2) is 14.4 Å².